The van der Waals surface area contributed by atoms with Gasteiger partial charge >= 0.3 is 0 Å². The van der Waals surface area contributed by atoms with Crippen LogP contribution in [0.3, 0.4) is 0 Å². The van der Waals surface area contributed by atoms with E-state index in [2.05, 4.69) is 78.2 Å². The SMILES string of the molecule is CC(C)(C)C(c1nc(-c2ccccc2)cn1Cc1ccccc1)N(CCCNC1CCC1)C(=O)c1ccccc1. The molecule has 1 aliphatic rings. The summed E-state index contributed by atoms with van der Waals surface area (Å²) >= 11 is 0. The summed E-state index contributed by atoms with van der Waals surface area (Å²) in [6.45, 7) is 8.93. The van der Waals surface area contributed by atoms with Crippen LogP contribution in [0.25, 0.3) is 11.3 Å². The molecule has 5 heteroatoms. The standard InChI is InChI=1S/C35H42N4O/c1-35(2,3)32(39(24-14-23-36-30-21-13-22-30)34(40)29-19-11-6-12-20-29)33-37-31(28-17-9-5-10-18-28)26-38(33)25-27-15-7-4-8-16-27/h4-12,15-20,26,30,32,36H,13-14,21-25H2,1-3H3. The third-order valence-corrected chi connectivity index (χ3v) is 7.84. The van der Waals surface area contributed by atoms with Crippen LogP contribution in [-0.4, -0.2) is 39.5 Å². The van der Waals surface area contributed by atoms with Gasteiger partial charge in [0, 0.05) is 36.5 Å². The number of imidazole rings is 1. The molecule has 1 fully saturated rings. The molecule has 0 aliphatic heterocycles. The number of nitrogens with one attached hydrogen (secondary N) is 1. The van der Waals surface area contributed by atoms with Gasteiger partial charge in [-0.2, -0.15) is 0 Å². The normalized spacial score (nSPS) is 14.5. The zero-order valence-electron chi connectivity index (χ0n) is 24.1. The summed E-state index contributed by atoms with van der Waals surface area (Å²) in [4.78, 5) is 21.6. The molecule has 1 saturated carbocycles. The molecule has 5 rings (SSSR count). The molecule has 1 aliphatic carbocycles. The lowest BCUT2D eigenvalue weighted by Gasteiger charge is -2.40. The summed E-state index contributed by atoms with van der Waals surface area (Å²) in [6, 6.07) is 30.9. The van der Waals surface area contributed by atoms with Crippen molar-refractivity contribution in [1.29, 1.82) is 0 Å². The molecule has 208 valence electrons. The van der Waals surface area contributed by atoms with Crippen molar-refractivity contribution in [1.82, 2.24) is 19.8 Å². The summed E-state index contributed by atoms with van der Waals surface area (Å²) < 4.78 is 2.26. The van der Waals surface area contributed by atoms with E-state index in [1.54, 1.807) is 0 Å². The Morgan fingerprint density at radius 1 is 0.950 bits per heavy atom. The van der Waals surface area contributed by atoms with Crippen LogP contribution in [0.4, 0.5) is 0 Å². The number of rotatable bonds is 11. The van der Waals surface area contributed by atoms with Crippen molar-refractivity contribution in [3.63, 3.8) is 0 Å². The highest BCUT2D eigenvalue weighted by molar-refractivity contribution is 5.94. The largest absolute Gasteiger partial charge is 0.328 e. The van der Waals surface area contributed by atoms with Crippen LogP contribution < -0.4 is 5.32 Å². The highest BCUT2D eigenvalue weighted by Gasteiger charge is 2.38. The molecule has 1 amide bonds. The Bertz CT molecular complexity index is 1360. The number of hydrogen-bond acceptors (Lipinski definition) is 3. The monoisotopic (exact) mass is 534 g/mol. The Kier molecular flexibility index (Phi) is 8.81. The topological polar surface area (TPSA) is 50.2 Å². The average Bonchev–Trinajstić information content (AvgIpc) is 3.34. The fourth-order valence-electron chi connectivity index (χ4n) is 5.56. The van der Waals surface area contributed by atoms with Crippen LogP contribution in [0.15, 0.2) is 97.2 Å². The Balaban J connectivity index is 1.55. The zero-order valence-corrected chi connectivity index (χ0v) is 24.1. The fraction of sp³-hybridized carbons (Fsp3) is 0.371. The second-order valence-corrected chi connectivity index (χ2v) is 12.0. The number of carbonyl (C=O) groups excluding carboxylic acids is 1. The maximum atomic E-state index is 14.2. The van der Waals surface area contributed by atoms with Gasteiger partial charge in [0.15, 0.2) is 0 Å². The molecule has 5 nitrogen and oxygen atoms in total. The van der Waals surface area contributed by atoms with Crippen LogP contribution in [0, 0.1) is 5.41 Å². The van der Waals surface area contributed by atoms with Gasteiger partial charge in [-0.25, -0.2) is 4.98 Å². The van der Waals surface area contributed by atoms with E-state index < -0.39 is 0 Å². The lowest BCUT2D eigenvalue weighted by atomic mass is 9.84. The van der Waals surface area contributed by atoms with E-state index in [1.165, 1.54) is 24.8 Å². The fourth-order valence-corrected chi connectivity index (χ4v) is 5.56. The molecule has 0 saturated heterocycles. The van der Waals surface area contributed by atoms with Gasteiger partial charge in [0.1, 0.15) is 5.82 Å². The molecule has 1 unspecified atom stereocenters. The van der Waals surface area contributed by atoms with E-state index in [-0.39, 0.29) is 17.4 Å². The number of amides is 1. The van der Waals surface area contributed by atoms with Crippen LogP contribution in [-0.2, 0) is 6.54 Å². The number of aromatic nitrogens is 2. The summed E-state index contributed by atoms with van der Waals surface area (Å²) in [7, 11) is 0. The maximum absolute atomic E-state index is 14.2. The number of benzene rings is 3. The van der Waals surface area contributed by atoms with Crippen LogP contribution in [0.1, 0.15) is 74.2 Å². The third kappa shape index (κ3) is 6.71. The molecule has 0 radical (unpaired) electrons. The highest BCUT2D eigenvalue weighted by atomic mass is 16.2. The molecule has 40 heavy (non-hydrogen) atoms. The van der Waals surface area contributed by atoms with E-state index in [0.717, 1.165) is 30.0 Å². The Morgan fingerprint density at radius 3 is 2.17 bits per heavy atom. The van der Waals surface area contributed by atoms with Gasteiger partial charge in [0.25, 0.3) is 5.91 Å². The van der Waals surface area contributed by atoms with Gasteiger partial charge < -0.3 is 14.8 Å². The van der Waals surface area contributed by atoms with Crippen molar-refractivity contribution in [2.24, 2.45) is 5.41 Å². The minimum atomic E-state index is -0.250. The van der Waals surface area contributed by atoms with E-state index in [9.17, 15) is 4.79 Å². The van der Waals surface area contributed by atoms with Crippen molar-refractivity contribution in [3.8, 4) is 11.3 Å². The molecular formula is C35H42N4O. The van der Waals surface area contributed by atoms with Crippen molar-refractivity contribution in [3.05, 3.63) is 114 Å². The predicted molar refractivity (Wildman–Crippen MR) is 163 cm³/mol. The van der Waals surface area contributed by atoms with Gasteiger partial charge in [-0.05, 0) is 48.9 Å². The number of nitrogens with zero attached hydrogens (tertiary/aromatic N) is 3. The lowest BCUT2D eigenvalue weighted by Crippen LogP contribution is -2.44. The average molecular weight is 535 g/mol. The molecule has 1 atom stereocenters. The van der Waals surface area contributed by atoms with Crippen molar-refractivity contribution < 1.29 is 4.79 Å². The molecular weight excluding hydrogens is 492 g/mol. The minimum Gasteiger partial charge on any atom is -0.328 e. The van der Waals surface area contributed by atoms with Gasteiger partial charge in [-0.3, -0.25) is 4.79 Å². The quantitative estimate of drug-likeness (QED) is 0.205. The molecule has 3 aromatic carbocycles. The smallest absolute Gasteiger partial charge is 0.254 e. The van der Waals surface area contributed by atoms with Crippen molar-refractivity contribution >= 4 is 5.91 Å². The summed E-state index contributed by atoms with van der Waals surface area (Å²) in [6.07, 6.45) is 6.88. The third-order valence-electron chi connectivity index (χ3n) is 7.84. The number of hydrogen-bond donors (Lipinski definition) is 1. The second kappa shape index (κ2) is 12.6. The van der Waals surface area contributed by atoms with Gasteiger partial charge in [0.2, 0.25) is 0 Å². The Hall–Kier alpha value is -3.70. The van der Waals surface area contributed by atoms with Gasteiger partial charge in [-0.1, -0.05) is 106 Å². The lowest BCUT2D eigenvalue weighted by molar-refractivity contribution is 0.0479. The first-order chi connectivity index (χ1) is 19.4. The van der Waals surface area contributed by atoms with Gasteiger partial charge in [-0.15, -0.1) is 0 Å². The van der Waals surface area contributed by atoms with Crippen LogP contribution in [0.2, 0.25) is 0 Å². The minimum absolute atomic E-state index is 0.0553. The van der Waals surface area contributed by atoms with E-state index in [0.29, 0.717) is 24.7 Å². The van der Waals surface area contributed by atoms with Crippen molar-refractivity contribution in [2.75, 3.05) is 13.1 Å². The summed E-state index contributed by atoms with van der Waals surface area (Å²) in [5.74, 6) is 0.978. The second-order valence-electron chi connectivity index (χ2n) is 12.0. The van der Waals surface area contributed by atoms with Crippen molar-refractivity contribution in [2.45, 2.75) is 65.1 Å². The zero-order chi connectivity index (χ0) is 28.0. The maximum Gasteiger partial charge on any atom is 0.254 e. The molecule has 1 aromatic heterocycles. The van der Waals surface area contributed by atoms with E-state index in [4.69, 9.17) is 4.98 Å². The highest BCUT2D eigenvalue weighted by Crippen LogP contribution is 2.40. The first-order valence-corrected chi connectivity index (χ1v) is 14.7. The van der Waals surface area contributed by atoms with E-state index >= 15 is 0 Å². The molecule has 1 heterocycles. The van der Waals surface area contributed by atoms with Gasteiger partial charge in [0.05, 0.1) is 11.7 Å². The Morgan fingerprint density at radius 2 is 1.57 bits per heavy atom. The number of carbonyl (C=O) groups is 1. The first-order valence-electron chi connectivity index (χ1n) is 14.7. The van der Waals surface area contributed by atoms with E-state index in [1.807, 2.05) is 54.6 Å². The molecule has 1 N–H and O–H groups in total. The predicted octanol–water partition coefficient (Wildman–Crippen LogP) is 7.36. The summed E-state index contributed by atoms with van der Waals surface area (Å²) in [5, 5.41) is 3.68. The summed E-state index contributed by atoms with van der Waals surface area (Å²) in [5.41, 5.74) is 3.68. The van der Waals surface area contributed by atoms with Crippen LogP contribution in [0.5, 0.6) is 0 Å². The molecule has 0 spiro atoms. The van der Waals surface area contributed by atoms with Crippen LogP contribution >= 0.6 is 0 Å². The first kappa shape index (κ1) is 27.9. The molecule has 4 aromatic rings. The Labute approximate surface area is 239 Å². The molecule has 0 bridgehead atoms.